The zero-order valence-electron chi connectivity index (χ0n) is 8.75. The maximum atomic E-state index is 11.7. The highest BCUT2D eigenvalue weighted by molar-refractivity contribution is 5.74. The Morgan fingerprint density at radius 2 is 2.29 bits per heavy atom. The lowest BCUT2D eigenvalue weighted by atomic mass is 9.93. The molecule has 0 aromatic rings. The van der Waals surface area contributed by atoms with Gasteiger partial charge in [0.05, 0.1) is 0 Å². The summed E-state index contributed by atoms with van der Waals surface area (Å²) in [5.41, 5.74) is 0. The van der Waals surface area contributed by atoms with E-state index >= 15 is 0 Å². The number of hydrogen-bond donors (Lipinski definition) is 2. The fraction of sp³-hybridized carbons (Fsp3) is 0.900. The van der Waals surface area contributed by atoms with Crippen molar-refractivity contribution < 1.29 is 4.79 Å². The smallest absolute Gasteiger partial charge is 0.317 e. The minimum absolute atomic E-state index is 0.128. The molecule has 80 valence electrons. The monoisotopic (exact) mass is 197 g/mol. The van der Waals surface area contributed by atoms with Crippen molar-refractivity contribution in [3.05, 3.63) is 0 Å². The molecule has 1 saturated carbocycles. The number of urea groups is 1. The van der Waals surface area contributed by atoms with Crippen molar-refractivity contribution >= 4 is 6.03 Å². The molecular weight excluding hydrogens is 178 g/mol. The fourth-order valence-electron chi connectivity index (χ4n) is 1.94. The third-order valence-electron chi connectivity index (χ3n) is 3.09. The maximum Gasteiger partial charge on any atom is 0.317 e. The van der Waals surface area contributed by atoms with Gasteiger partial charge in [-0.15, -0.1) is 0 Å². The molecule has 2 N–H and O–H groups in total. The molecule has 1 aliphatic heterocycles. The standard InChI is InChI=1S/C10H19N3O/c1-8-7-13(6-5-11-8)10(14)12-9-3-2-4-9/h8-9,11H,2-7H2,1H3,(H,12,14). The number of amides is 2. The summed E-state index contributed by atoms with van der Waals surface area (Å²) in [6.45, 7) is 4.70. The van der Waals surface area contributed by atoms with Gasteiger partial charge >= 0.3 is 6.03 Å². The largest absolute Gasteiger partial charge is 0.335 e. The van der Waals surface area contributed by atoms with E-state index in [1.807, 2.05) is 4.90 Å². The van der Waals surface area contributed by atoms with E-state index < -0.39 is 0 Å². The van der Waals surface area contributed by atoms with Crippen LogP contribution in [-0.4, -0.2) is 42.6 Å². The molecule has 0 aromatic carbocycles. The molecule has 0 aromatic heterocycles. The van der Waals surface area contributed by atoms with Gasteiger partial charge in [-0.2, -0.15) is 0 Å². The summed E-state index contributed by atoms with van der Waals surface area (Å²) in [5.74, 6) is 0. The van der Waals surface area contributed by atoms with Gasteiger partial charge in [-0.05, 0) is 26.2 Å². The van der Waals surface area contributed by atoms with Gasteiger partial charge in [0.25, 0.3) is 0 Å². The Morgan fingerprint density at radius 3 is 2.86 bits per heavy atom. The van der Waals surface area contributed by atoms with Crippen LogP contribution in [0.4, 0.5) is 4.79 Å². The van der Waals surface area contributed by atoms with Gasteiger partial charge < -0.3 is 15.5 Å². The first-order chi connectivity index (χ1) is 6.75. The molecule has 1 atom stereocenters. The zero-order chi connectivity index (χ0) is 9.97. The van der Waals surface area contributed by atoms with Gasteiger partial charge in [-0.3, -0.25) is 0 Å². The van der Waals surface area contributed by atoms with E-state index in [4.69, 9.17) is 0 Å². The molecule has 2 fully saturated rings. The van der Waals surface area contributed by atoms with E-state index in [0.717, 1.165) is 32.5 Å². The van der Waals surface area contributed by atoms with Gasteiger partial charge in [0, 0.05) is 31.7 Å². The van der Waals surface area contributed by atoms with Gasteiger partial charge in [0.1, 0.15) is 0 Å². The maximum absolute atomic E-state index is 11.7. The third-order valence-corrected chi connectivity index (χ3v) is 3.09. The third kappa shape index (κ3) is 2.18. The Morgan fingerprint density at radius 1 is 1.50 bits per heavy atom. The minimum Gasteiger partial charge on any atom is -0.335 e. The highest BCUT2D eigenvalue weighted by Crippen LogP contribution is 2.18. The predicted molar refractivity (Wildman–Crippen MR) is 55.2 cm³/mol. The summed E-state index contributed by atoms with van der Waals surface area (Å²) in [6, 6.07) is 1.01. The summed E-state index contributed by atoms with van der Waals surface area (Å²) >= 11 is 0. The van der Waals surface area contributed by atoms with Crippen molar-refractivity contribution in [1.29, 1.82) is 0 Å². The van der Waals surface area contributed by atoms with Crippen molar-refractivity contribution in [2.45, 2.75) is 38.3 Å². The Hall–Kier alpha value is -0.770. The molecule has 1 heterocycles. The van der Waals surface area contributed by atoms with Gasteiger partial charge in [-0.25, -0.2) is 4.79 Å². The lowest BCUT2D eigenvalue weighted by molar-refractivity contribution is 0.169. The van der Waals surface area contributed by atoms with E-state index in [1.165, 1.54) is 6.42 Å². The predicted octanol–water partition coefficient (Wildman–Crippen LogP) is 0.542. The Bertz CT molecular complexity index is 215. The average molecular weight is 197 g/mol. The van der Waals surface area contributed by atoms with E-state index in [9.17, 15) is 4.79 Å². The quantitative estimate of drug-likeness (QED) is 0.644. The second kappa shape index (κ2) is 4.17. The number of piperazine rings is 1. The minimum atomic E-state index is 0.128. The summed E-state index contributed by atoms with van der Waals surface area (Å²) < 4.78 is 0. The highest BCUT2D eigenvalue weighted by Gasteiger charge is 2.24. The van der Waals surface area contributed by atoms with Crippen LogP contribution < -0.4 is 10.6 Å². The molecule has 2 aliphatic rings. The molecule has 0 radical (unpaired) electrons. The summed E-state index contributed by atoms with van der Waals surface area (Å²) in [6.07, 6.45) is 3.59. The zero-order valence-corrected chi connectivity index (χ0v) is 8.75. The lowest BCUT2D eigenvalue weighted by Gasteiger charge is -2.35. The van der Waals surface area contributed by atoms with Crippen molar-refractivity contribution in [2.24, 2.45) is 0 Å². The lowest BCUT2D eigenvalue weighted by Crippen LogP contribution is -2.56. The van der Waals surface area contributed by atoms with Crippen LogP contribution >= 0.6 is 0 Å². The first kappa shape index (κ1) is 9.77. The second-order valence-electron chi connectivity index (χ2n) is 4.38. The molecule has 1 aliphatic carbocycles. The number of carbonyl (C=O) groups is 1. The van der Waals surface area contributed by atoms with Gasteiger partial charge in [-0.1, -0.05) is 0 Å². The molecule has 2 amide bonds. The van der Waals surface area contributed by atoms with Crippen LogP contribution in [0, 0.1) is 0 Å². The van der Waals surface area contributed by atoms with Crippen molar-refractivity contribution in [3.63, 3.8) is 0 Å². The van der Waals surface area contributed by atoms with Crippen molar-refractivity contribution in [2.75, 3.05) is 19.6 Å². The fourth-order valence-corrected chi connectivity index (χ4v) is 1.94. The number of hydrogen-bond acceptors (Lipinski definition) is 2. The van der Waals surface area contributed by atoms with Gasteiger partial charge in [0.2, 0.25) is 0 Å². The highest BCUT2D eigenvalue weighted by atomic mass is 16.2. The van der Waals surface area contributed by atoms with Crippen LogP contribution in [0.1, 0.15) is 26.2 Å². The molecule has 1 unspecified atom stereocenters. The number of rotatable bonds is 1. The molecule has 0 spiro atoms. The van der Waals surface area contributed by atoms with E-state index in [-0.39, 0.29) is 6.03 Å². The van der Waals surface area contributed by atoms with Crippen molar-refractivity contribution in [1.82, 2.24) is 15.5 Å². The average Bonchev–Trinajstić information content (AvgIpc) is 2.11. The van der Waals surface area contributed by atoms with Crippen LogP contribution in [0.25, 0.3) is 0 Å². The first-order valence-corrected chi connectivity index (χ1v) is 5.54. The topological polar surface area (TPSA) is 44.4 Å². The molecule has 4 heteroatoms. The normalized spacial score (nSPS) is 28.4. The summed E-state index contributed by atoms with van der Waals surface area (Å²) in [7, 11) is 0. The van der Waals surface area contributed by atoms with Gasteiger partial charge in [0.15, 0.2) is 0 Å². The summed E-state index contributed by atoms with van der Waals surface area (Å²) in [4.78, 5) is 13.7. The first-order valence-electron chi connectivity index (χ1n) is 5.54. The molecule has 0 bridgehead atoms. The van der Waals surface area contributed by atoms with E-state index in [1.54, 1.807) is 0 Å². The van der Waals surface area contributed by atoms with E-state index in [0.29, 0.717) is 12.1 Å². The number of nitrogens with zero attached hydrogens (tertiary/aromatic N) is 1. The molecule has 1 saturated heterocycles. The Kier molecular flexibility index (Phi) is 2.91. The van der Waals surface area contributed by atoms with Crippen LogP contribution in [-0.2, 0) is 0 Å². The number of nitrogens with one attached hydrogen (secondary N) is 2. The second-order valence-corrected chi connectivity index (χ2v) is 4.38. The number of carbonyl (C=O) groups excluding carboxylic acids is 1. The molecule has 4 nitrogen and oxygen atoms in total. The summed E-state index contributed by atoms with van der Waals surface area (Å²) in [5, 5.41) is 6.39. The van der Waals surface area contributed by atoms with Crippen LogP contribution in [0.2, 0.25) is 0 Å². The van der Waals surface area contributed by atoms with Crippen LogP contribution in [0.15, 0.2) is 0 Å². The van der Waals surface area contributed by atoms with E-state index in [2.05, 4.69) is 17.6 Å². The Labute approximate surface area is 85.0 Å². The van der Waals surface area contributed by atoms with Crippen LogP contribution in [0.3, 0.4) is 0 Å². The Balaban J connectivity index is 1.77. The SMILES string of the molecule is CC1CN(C(=O)NC2CCC2)CCN1. The molecular formula is C10H19N3O. The molecule has 14 heavy (non-hydrogen) atoms. The van der Waals surface area contributed by atoms with Crippen LogP contribution in [0.5, 0.6) is 0 Å². The van der Waals surface area contributed by atoms with Crippen molar-refractivity contribution in [3.8, 4) is 0 Å². The molecule has 2 rings (SSSR count).